The van der Waals surface area contributed by atoms with Crippen LogP contribution < -0.4 is 11.3 Å². The first-order valence-corrected chi connectivity index (χ1v) is 14.7. The molecular weight excluding hydrogens is 571 g/mol. The van der Waals surface area contributed by atoms with E-state index in [1.807, 2.05) is 0 Å². The first-order valence-electron chi connectivity index (χ1n) is 12.1. The number of aromatic nitrogens is 7. The van der Waals surface area contributed by atoms with E-state index in [2.05, 4.69) is 20.3 Å². The van der Waals surface area contributed by atoms with Gasteiger partial charge in [-0.05, 0) is 17.9 Å². The topological polar surface area (TPSA) is 227 Å². The monoisotopic (exact) mass is 594 g/mol. The van der Waals surface area contributed by atoms with Crippen molar-refractivity contribution in [3.63, 3.8) is 0 Å². The van der Waals surface area contributed by atoms with Crippen LogP contribution in [0.5, 0.6) is 0 Å². The van der Waals surface area contributed by atoms with Crippen LogP contribution in [0.3, 0.4) is 0 Å². The third-order valence-corrected chi connectivity index (χ3v) is 8.88. The molecule has 17 nitrogen and oxygen atoms in total. The van der Waals surface area contributed by atoms with Crippen LogP contribution in [0, 0.1) is 0 Å². The van der Waals surface area contributed by atoms with Crippen LogP contribution >= 0.6 is 6.72 Å². The number of ether oxygens (including phenoxy) is 2. The molecule has 0 amide bonds. The van der Waals surface area contributed by atoms with Gasteiger partial charge in [0.15, 0.2) is 23.6 Å². The molecular formula is C21H23N8O9PS. The zero-order valence-corrected chi connectivity index (χ0v) is 22.0. The number of aliphatic hydroxyl groups is 3. The normalized spacial score (nSPS) is 34.9. The van der Waals surface area contributed by atoms with E-state index in [1.54, 1.807) is 6.07 Å². The quantitative estimate of drug-likeness (QED) is 0.149. The Morgan fingerprint density at radius 3 is 2.80 bits per heavy atom. The molecule has 7 rings (SSSR count). The Morgan fingerprint density at radius 2 is 2.05 bits per heavy atom. The Bertz CT molecular complexity index is 1730. The van der Waals surface area contributed by atoms with Crippen LogP contribution in [0.4, 0.5) is 5.69 Å². The van der Waals surface area contributed by atoms with Crippen molar-refractivity contribution in [2.24, 2.45) is 0 Å². The number of imidazole rings is 1. The number of rotatable bonds is 7. The van der Waals surface area contributed by atoms with Gasteiger partial charge in [0.1, 0.15) is 36.1 Å². The second kappa shape index (κ2) is 9.05. The second-order valence-electron chi connectivity index (χ2n) is 9.77. The standard InChI is InChI=1S/C21H23N8O9PS/c22-9-1-3-23-18-13(9)25-26-29(18)12-7-21(33)16(36-12)17(21)38-39(34,40)37-15-14(32)10(8-30)35-19(15)28-5-2-11(31)27-6-4-24-20(27)28/h1-6,10,12,14-17,19,30,32-33H,7-8H2,(H2,22,23)(H,34,40)/t10-,12-,14-,15?,16-,17?,19-,21+,39?/m1/s1. The van der Waals surface area contributed by atoms with Gasteiger partial charge in [0.25, 0.3) is 5.56 Å². The third-order valence-electron chi connectivity index (χ3n) is 7.36. The fraction of sp³-hybridized carbons (Fsp3) is 0.476. The van der Waals surface area contributed by atoms with Crippen molar-refractivity contribution in [2.45, 2.75) is 55.0 Å². The van der Waals surface area contributed by atoms with Crippen molar-refractivity contribution >= 4 is 41.2 Å². The zero-order chi connectivity index (χ0) is 28.0. The second-order valence-corrected chi connectivity index (χ2v) is 12.5. The Morgan fingerprint density at radius 1 is 1.23 bits per heavy atom. The Balaban J connectivity index is 1.09. The van der Waals surface area contributed by atoms with Gasteiger partial charge in [0.2, 0.25) is 5.78 Å². The number of hydrogen-bond acceptors (Lipinski definition) is 14. The van der Waals surface area contributed by atoms with E-state index in [0.717, 1.165) is 0 Å². The summed E-state index contributed by atoms with van der Waals surface area (Å²) in [5.74, 6) is 0.173. The molecule has 3 unspecified atom stereocenters. The van der Waals surface area contributed by atoms with Crippen molar-refractivity contribution < 1.29 is 38.7 Å². The average Bonchev–Trinajstić information content (AvgIpc) is 3.53. The molecule has 9 atom stereocenters. The first kappa shape index (κ1) is 26.0. The van der Waals surface area contributed by atoms with Crippen LogP contribution in [0.2, 0.25) is 0 Å². The van der Waals surface area contributed by atoms with Gasteiger partial charge < -0.3 is 35.4 Å². The minimum absolute atomic E-state index is 0.0340. The molecule has 0 spiro atoms. The van der Waals surface area contributed by atoms with Crippen LogP contribution in [0.25, 0.3) is 16.9 Å². The molecule has 0 aromatic carbocycles. The maximum atomic E-state index is 12.2. The molecule has 40 heavy (non-hydrogen) atoms. The van der Waals surface area contributed by atoms with Gasteiger partial charge in [0.05, 0.1) is 12.3 Å². The molecule has 1 aliphatic carbocycles. The van der Waals surface area contributed by atoms with Gasteiger partial charge in [0, 0.05) is 37.3 Å². The lowest BCUT2D eigenvalue weighted by molar-refractivity contribution is -0.0522. The highest BCUT2D eigenvalue weighted by molar-refractivity contribution is 8.07. The van der Waals surface area contributed by atoms with Crippen molar-refractivity contribution in [1.29, 1.82) is 0 Å². The lowest BCUT2D eigenvalue weighted by Crippen LogP contribution is -2.35. The Labute approximate surface area is 228 Å². The fourth-order valence-corrected chi connectivity index (χ4v) is 7.05. The van der Waals surface area contributed by atoms with Crippen molar-refractivity contribution in [2.75, 3.05) is 12.3 Å². The van der Waals surface area contributed by atoms with E-state index >= 15 is 0 Å². The van der Waals surface area contributed by atoms with Gasteiger partial charge in [-0.15, -0.1) is 5.10 Å². The maximum Gasteiger partial charge on any atom is 0.325 e. The van der Waals surface area contributed by atoms with Crippen LogP contribution in [-0.4, -0.2) is 96.9 Å². The average molecular weight is 595 g/mol. The molecule has 6 heterocycles. The lowest BCUT2D eigenvalue weighted by Gasteiger charge is -2.27. The summed E-state index contributed by atoms with van der Waals surface area (Å²) in [5, 5.41) is 39.7. The van der Waals surface area contributed by atoms with Crippen LogP contribution in [0.15, 0.2) is 41.7 Å². The number of aliphatic hydroxyl groups excluding tert-OH is 2. The van der Waals surface area contributed by atoms with E-state index < -0.39 is 61.9 Å². The highest BCUT2D eigenvalue weighted by atomic mass is 32.5. The van der Waals surface area contributed by atoms with E-state index in [0.29, 0.717) is 16.9 Å². The van der Waals surface area contributed by atoms with Gasteiger partial charge in [-0.1, -0.05) is 5.21 Å². The van der Waals surface area contributed by atoms with Gasteiger partial charge in [-0.3, -0.25) is 22.8 Å². The van der Waals surface area contributed by atoms with Crippen molar-refractivity contribution in [3.8, 4) is 0 Å². The Hall–Kier alpha value is -2.90. The number of nitrogen functional groups attached to an aromatic ring is 1. The molecule has 4 aromatic heterocycles. The molecule has 1 saturated carbocycles. The largest absolute Gasteiger partial charge is 0.397 e. The smallest absolute Gasteiger partial charge is 0.325 e. The summed E-state index contributed by atoms with van der Waals surface area (Å²) < 4.78 is 27.1. The first-order chi connectivity index (χ1) is 19.1. The highest BCUT2D eigenvalue weighted by Gasteiger charge is 2.74. The molecule has 2 saturated heterocycles. The molecule has 2 aliphatic heterocycles. The zero-order valence-electron chi connectivity index (χ0n) is 20.3. The summed E-state index contributed by atoms with van der Waals surface area (Å²) in [4.78, 5) is 31.5. The summed E-state index contributed by atoms with van der Waals surface area (Å²) >= 11 is 5.24. The number of pyridine rings is 1. The van der Waals surface area contributed by atoms with Gasteiger partial charge in [-0.25, -0.2) is 9.97 Å². The predicted octanol–water partition coefficient (Wildman–Crippen LogP) is -1.81. The summed E-state index contributed by atoms with van der Waals surface area (Å²) in [6.45, 7) is -4.70. The molecule has 0 bridgehead atoms. The molecule has 6 N–H and O–H groups in total. The summed E-state index contributed by atoms with van der Waals surface area (Å²) in [5.41, 5.74) is 5.24. The number of anilines is 1. The van der Waals surface area contributed by atoms with E-state index in [1.165, 1.54) is 44.5 Å². The Kier molecular flexibility index (Phi) is 5.89. The minimum atomic E-state index is -4.14. The maximum absolute atomic E-state index is 12.2. The molecule has 4 aromatic rings. The summed E-state index contributed by atoms with van der Waals surface area (Å²) in [6.07, 6.45) is -1.79. The molecule has 3 aliphatic rings. The van der Waals surface area contributed by atoms with Crippen LogP contribution in [0.1, 0.15) is 18.9 Å². The molecule has 3 fully saturated rings. The lowest BCUT2D eigenvalue weighted by atomic mass is 10.1. The van der Waals surface area contributed by atoms with E-state index in [9.17, 15) is 25.0 Å². The number of hydrogen-bond donors (Lipinski definition) is 5. The third kappa shape index (κ3) is 3.92. The summed E-state index contributed by atoms with van der Waals surface area (Å²) in [6, 6.07) is 2.85. The minimum Gasteiger partial charge on any atom is -0.397 e. The molecule has 0 radical (unpaired) electrons. The van der Waals surface area contributed by atoms with Crippen molar-refractivity contribution in [1.82, 2.24) is 33.9 Å². The van der Waals surface area contributed by atoms with Gasteiger partial charge in [-0.2, -0.15) is 4.68 Å². The van der Waals surface area contributed by atoms with Crippen molar-refractivity contribution in [3.05, 3.63) is 47.3 Å². The fourth-order valence-electron chi connectivity index (χ4n) is 5.30. The predicted molar refractivity (Wildman–Crippen MR) is 136 cm³/mol. The number of nitrogens with zero attached hydrogens (tertiary/aromatic N) is 7. The van der Waals surface area contributed by atoms with Gasteiger partial charge >= 0.3 is 6.72 Å². The SMILES string of the molecule is Nc1ccnc2c1nnn2[C@H]1C[C@@]2(O)C(OP(O)(=S)OC3[C@H](n4ccc(=O)n5ccnc45)O[C@H](CO)[C@H]3O)[C@H]2O1. The summed E-state index contributed by atoms with van der Waals surface area (Å²) in [7, 11) is 0. The van der Waals surface area contributed by atoms with E-state index in [-0.39, 0.29) is 17.8 Å². The molecule has 19 heteroatoms. The van der Waals surface area contributed by atoms with E-state index in [4.69, 9.17) is 36.1 Å². The highest BCUT2D eigenvalue weighted by Crippen LogP contribution is 2.62. The number of nitrogens with two attached hydrogens (primary N) is 1. The molecule has 212 valence electrons. The number of fused-ring (bicyclic) bond motifs is 3. The van der Waals surface area contributed by atoms with Crippen LogP contribution in [-0.2, 0) is 30.3 Å².